The van der Waals surface area contributed by atoms with Crippen LogP contribution in [0.5, 0.6) is 0 Å². The molecule has 0 aliphatic heterocycles. The summed E-state index contributed by atoms with van der Waals surface area (Å²) in [4.78, 5) is 0. The highest BCUT2D eigenvalue weighted by atomic mass is 19.1. The van der Waals surface area contributed by atoms with Crippen molar-refractivity contribution < 1.29 is 13.9 Å². The Kier molecular flexibility index (Phi) is 3.61. The van der Waals surface area contributed by atoms with Gasteiger partial charge in [0.1, 0.15) is 29.9 Å². The van der Waals surface area contributed by atoms with E-state index in [2.05, 4.69) is 10.2 Å². The van der Waals surface area contributed by atoms with Crippen LogP contribution in [0.15, 0.2) is 30.9 Å². The Morgan fingerprint density at radius 3 is 2.42 bits per heavy atom. The highest BCUT2D eigenvalue weighted by molar-refractivity contribution is 5.25. The molecule has 102 valence electrons. The molecule has 2 aromatic rings. The van der Waals surface area contributed by atoms with Gasteiger partial charge in [-0.1, -0.05) is 19.9 Å². The number of hydrogen-bond donors (Lipinski definition) is 1. The molecule has 1 aromatic heterocycles. The van der Waals surface area contributed by atoms with Crippen molar-refractivity contribution >= 4 is 0 Å². The Hall–Kier alpha value is -1.82. The summed E-state index contributed by atoms with van der Waals surface area (Å²) in [5, 5.41) is 18.1. The molecule has 1 atom stereocenters. The van der Waals surface area contributed by atoms with E-state index in [1.54, 1.807) is 18.4 Å². The van der Waals surface area contributed by atoms with Crippen LogP contribution < -0.4 is 0 Å². The van der Waals surface area contributed by atoms with Gasteiger partial charge in [0.05, 0.1) is 6.54 Å². The first-order chi connectivity index (χ1) is 8.93. The van der Waals surface area contributed by atoms with E-state index in [0.717, 1.165) is 12.1 Å². The van der Waals surface area contributed by atoms with E-state index in [-0.39, 0.29) is 18.0 Å². The Labute approximate surface area is 109 Å². The van der Waals surface area contributed by atoms with Gasteiger partial charge in [0.15, 0.2) is 0 Å². The lowest BCUT2D eigenvalue weighted by Crippen LogP contribution is -2.37. The molecule has 1 heterocycles. The molecule has 0 spiro atoms. The summed E-state index contributed by atoms with van der Waals surface area (Å²) in [7, 11) is 0. The lowest BCUT2D eigenvalue weighted by atomic mass is 9.83. The predicted octanol–water partition coefficient (Wildman–Crippen LogP) is 2.10. The van der Waals surface area contributed by atoms with Crippen LogP contribution in [0.3, 0.4) is 0 Å². The molecule has 0 saturated carbocycles. The summed E-state index contributed by atoms with van der Waals surface area (Å²) in [6.45, 7) is 3.64. The zero-order chi connectivity index (χ0) is 14.0. The Bertz CT molecular complexity index is 557. The minimum absolute atomic E-state index is 0.0672. The second-order valence-corrected chi connectivity index (χ2v) is 4.84. The first kappa shape index (κ1) is 13.6. The van der Waals surface area contributed by atoms with Gasteiger partial charge in [-0.05, 0) is 12.0 Å². The van der Waals surface area contributed by atoms with Gasteiger partial charge in [0.2, 0.25) is 0 Å². The molecular weight excluding hydrogens is 252 g/mol. The van der Waals surface area contributed by atoms with Crippen molar-refractivity contribution in [1.82, 2.24) is 14.8 Å². The third-order valence-corrected chi connectivity index (χ3v) is 3.24. The molecule has 19 heavy (non-hydrogen) atoms. The fourth-order valence-corrected chi connectivity index (χ4v) is 2.00. The van der Waals surface area contributed by atoms with Gasteiger partial charge in [-0.3, -0.25) is 0 Å². The first-order valence-corrected chi connectivity index (χ1v) is 5.94. The number of nitrogens with zero attached hydrogens (tertiary/aromatic N) is 3. The number of aliphatic hydroxyl groups is 1. The quantitative estimate of drug-likeness (QED) is 0.923. The summed E-state index contributed by atoms with van der Waals surface area (Å²) < 4.78 is 28.4. The summed E-state index contributed by atoms with van der Waals surface area (Å²) in [6, 6.07) is 3.18. The Morgan fingerprint density at radius 1 is 1.26 bits per heavy atom. The molecule has 0 bridgehead atoms. The predicted molar refractivity (Wildman–Crippen MR) is 65.1 cm³/mol. The van der Waals surface area contributed by atoms with E-state index in [0.29, 0.717) is 0 Å². The molecule has 0 amide bonds. The maximum Gasteiger partial charge on any atom is 0.132 e. The molecule has 1 N–H and O–H groups in total. The van der Waals surface area contributed by atoms with Crippen LogP contribution in [0.4, 0.5) is 8.78 Å². The van der Waals surface area contributed by atoms with Crippen LogP contribution in [0, 0.1) is 17.6 Å². The van der Waals surface area contributed by atoms with E-state index in [4.69, 9.17) is 0 Å². The molecular formula is C13H15F2N3O. The van der Waals surface area contributed by atoms with Crippen molar-refractivity contribution in [3.05, 3.63) is 48.1 Å². The van der Waals surface area contributed by atoms with Crippen LogP contribution in [0.1, 0.15) is 19.4 Å². The zero-order valence-corrected chi connectivity index (χ0v) is 10.7. The van der Waals surface area contributed by atoms with Crippen molar-refractivity contribution in [1.29, 1.82) is 0 Å². The topological polar surface area (TPSA) is 50.9 Å². The molecule has 2 rings (SSSR count). The summed E-state index contributed by atoms with van der Waals surface area (Å²) in [5.74, 6) is -1.70. The fourth-order valence-electron chi connectivity index (χ4n) is 2.00. The largest absolute Gasteiger partial charge is 0.383 e. The van der Waals surface area contributed by atoms with E-state index < -0.39 is 17.2 Å². The molecule has 0 fully saturated rings. The average molecular weight is 267 g/mol. The van der Waals surface area contributed by atoms with Gasteiger partial charge in [0.25, 0.3) is 0 Å². The number of rotatable bonds is 4. The summed E-state index contributed by atoms with van der Waals surface area (Å²) >= 11 is 0. The van der Waals surface area contributed by atoms with Crippen molar-refractivity contribution in [3.8, 4) is 0 Å². The highest BCUT2D eigenvalue weighted by Crippen LogP contribution is 2.33. The molecule has 0 saturated heterocycles. The van der Waals surface area contributed by atoms with Crippen LogP contribution >= 0.6 is 0 Å². The third-order valence-electron chi connectivity index (χ3n) is 3.24. The van der Waals surface area contributed by atoms with Gasteiger partial charge in [-0.2, -0.15) is 0 Å². The summed E-state index contributed by atoms with van der Waals surface area (Å²) in [5.41, 5.74) is -1.39. The monoisotopic (exact) mass is 267 g/mol. The van der Waals surface area contributed by atoms with E-state index in [9.17, 15) is 13.9 Å². The molecule has 0 aliphatic carbocycles. The highest BCUT2D eigenvalue weighted by Gasteiger charge is 2.36. The number of aromatic nitrogens is 3. The minimum Gasteiger partial charge on any atom is -0.383 e. The van der Waals surface area contributed by atoms with Crippen molar-refractivity contribution in [2.24, 2.45) is 5.92 Å². The fraction of sp³-hybridized carbons (Fsp3) is 0.385. The van der Waals surface area contributed by atoms with Crippen molar-refractivity contribution in [3.63, 3.8) is 0 Å². The van der Waals surface area contributed by atoms with Gasteiger partial charge >= 0.3 is 0 Å². The van der Waals surface area contributed by atoms with Gasteiger partial charge in [-0.25, -0.2) is 8.78 Å². The van der Waals surface area contributed by atoms with Crippen LogP contribution in [-0.2, 0) is 12.1 Å². The molecule has 0 aliphatic rings. The SMILES string of the molecule is CC(C)[C@](O)(Cn1cnnc1)c1ccc(F)cc1F. The minimum atomic E-state index is -1.46. The third kappa shape index (κ3) is 2.63. The molecule has 4 nitrogen and oxygen atoms in total. The molecule has 1 aromatic carbocycles. The van der Waals surface area contributed by atoms with Gasteiger partial charge in [0, 0.05) is 11.6 Å². The van der Waals surface area contributed by atoms with E-state index in [1.807, 2.05) is 0 Å². The Morgan fingerprint density at radius 2 is 1.89 bits per heavy atom. The van der Waals surface area contributed by atoms with E-state index in [1.165, 1.54) is 18.7 Å². The van der Waals surface area contributed by atoms with E-state index >= 15 is 0 Å². The van der Waals surface area contributed by atoms with Crippen molar-refractivity contribution in [2.75, 3.05) is 0 Å². The normalized spacial score (nSPS) is 14.6. The smallest absolute Gasteiger partial charge is 0.132 e. The molecule has 0 unspecified atom stereocenters. The van der Waals surface area contributed by atoms with Crippen LogP contribution in [-0.4, -0.2) is 19.9 Å². The van der Waals surface area contributed by atoms with Crippen molar-refractivity contribution in [2.45, 2.75) is 26.0 Å². The van der Waals surface area contributed by atoms with Crippen LogP contribution in [0.2, 0.25) is 0 Å². The number of benzene rings is 1. The standard InChI is InChI=1S/C13H15F2N3O/c1-9(2)13(19,6-18-7-16-17-8-18)11-4-3-10(14)5-12(11)15/h3-5,7-9,19H,6H2,1-2H3/t13-/m1/s1. The second kappa shape index (κ2) is 5.05. The maximum absolute atomic E-state index is 13.9. The lowest BCUT2D eigenvalue weighted by molar-refractivity contribution is -0.0296. The van der Waals surface area contributed by atoms with Gasteiger partial charge < -0.3 is 9.67 Å². The first-order valence-electron chi connectivity index (χ1n) is 5.94. The van der Waals surface area contributed by atoms with Crippen LogP contribution in [0.25, 0.3) is 0 Å². The average Bonchev–Trinajstić information content (AvgIpc) is 2.81. The summed E-state index contributed by atoms with van der Waals surface area (Å²) in [6.07, 6.45) is 2.88. The molecule has 6 heteroatoms. The number of halogens is 2. The molecule has 0 radical (unpaired) electrons. The zero-order valence-electron chi connectivity index (χ0n) is 10.7. The maximum atomic E-state index is 13.9. The lowest BCUT2D eigenvalue weighted by Gasteiger charge is -2.33. The number of hydrogen-bond acceptors (Lipinski definition) is 3. The second-order valence-electron chi connectivity index (χ2n) is 4.84. The Balaban J connectivity index is 2.43. The van der Waals surface area contributed by atoms with Gasteiger partial charge in [-0.15, -0.1) is 10.2 Å².